The Labute approximate surface area is 152 Å². The van der Waals surface area contributed by atoms with Crippen molar-refractivity contribution >= 4 is 34.7 Å². The Bertz CT molecular complexity index is 793. The van der Waals surface area contributed by atoms with Gasteiger partial charge in [0.15, 0.2) is 5.11 Å². The topological polar surface area (TPSA) is 68.8 Å². The van der Waals surface area contributed by atoms with Gasteiger partial charge in [0.05, 0.1) is 32.6 Å². The molecule has 0 bridgehead atoms. The highest BCUT2D eigenvalue weighted by molar-refractivity contribution is 7.80. The number of thiocarbonyl (C=S) groups is 1. The van der Waals surface area contributed by atoms with Gasteiger partial charge in [0, 0.05) is 11.8 Å². The predicted octanol–water partition coefficient (Wildman–Crippen LogP) is 3.61. The van der Waals surface area contributed by atoms with Crippen molar-refractivity contribution in [1.29, 1.82) is 0 Å². The lowest BCUT2D eigenvalue weighted by Gasteiger charge is -2.16. The summed E-state index contributed by atoms with van der Waals surface area (Å²) in [5.74, 6) is 0.899. The van der Waals surface area contributed by atoms with E-state index in [4.69, 9.17) is 26.4 Å². The number of benzene rings is 2. The van der Waals surface area contributed by atoms with E-state index in [-0.39, 0.29) is 0 Å². The molecule has 0 saturated carbocycles. The van der Waals surface area contributed by atoms with Gasteiger partial charge < -0.3 is 24.8 Å². The maximum atomic E-state index is 11.7. The van der Waals surface area contributed by atoms with Gasteiger partial charge in [-0.05, 0) is 49.0 Å². The summed E-state index contributed by atoms with van der Waals surface area (Å²) in [6, 6.07) is 10.6. The summed E-state index contributed by atoms with van der Waals surface area (Å²) in [6.07, 6.45) is 0. The number of nitrogens with one attached hydrogen (secondary N) is 2. The molecular weight excluding hydrogens is 340 g/mol. The van der Waals surface area contributed by atoms with Crippen molar-refractivity contribution in [3.05, 3.63) is 47.5 Å². The zero-order valence-electron chi connectivity index (χ0n) is 14.5. The third-order valence-electron chi connectivity index (χ3n) is 3.56. The van der Waals surface area contributed by atoms with Crippen LogP contribution in [0.3, 0.4) is 0 Å². The zero-order valence-corrected chi connectivity index (χ0v) is 15.3. The number of rotatable bonds is 5. The van der Waals surface area contributed by atoms with Crippen LogP contribution in [0.2, 0.25) is 0 Å². The lowest BCUT2D eigenvalue weighted by molar-refractivity contribution is 0.0601. The lowest BCUT2D eigenvalue weighted by Crippen LogP contribution is -2.20. The summed E-state index contributed by atoms with van der Waals surface area (Å²) in [4.78, 5) is 11.7. The highest BCUT2D eigenvalue weighted by atomic mass is 32.1. The fourth-order valence-electron chi connectivity index (χ4n) is 2.19. The van der Waals surface area contributed by atoms with Crippen molar-refractivity contribution in [3.63, 3.8) is 0 Å². The average molecular weight is 360 g/mol. The van der Waals surface area contributed by atoms with Crippen LogP contribution in [0.5, 0.6) is 11.5 Å². The van der Waals surface area contributed by atoms with Crippen LogP contribution in [0.25, 0.3) is 0 Å². The molecule has 25 heavy (non-hydrogen) atoms. The van der Waals surface area contributed by atoms with E-state index in [2.05, 4.69) is 10.6 Å². The summed E-state index contributed by atoms with van der Waals surface area (Å²) < 4.78 is 15.3. The Morgan fingerprint density at radius 3 is 2.32 bits per heavy atom. The van der Waals surface area contributed by atoms with Gasteiger partial charge in [-0.25, -0.2) is 4.79 Å². The first-order valence-electron chi connectivity index (χ1n) is 7.47. The summed E-state index contributed by atoms with van der Waals surface area (Å²) in [7, 11) is 4.51. The number of carbonyl (C=O) groups is 1. The molecule has 0 aliphatic rings. The fraction of sp³-hybridized carbons (Fsp3) is 0.222. The quantitative estimate of drug-likeness (QED) is 0.623. The van der Waals surface area contributed by atoms with Gasteiger partial charge in [-0.1, -0.05) is 6.07 Å². The van der Waals surface area contributed by atoms with E-state index in [1.165, 1.54) is 7.11 Å². The Morgan fingerprint density at radius 1 is 0.960 bits per heavy atom. The Hall–Kier alpha value is -2.80. The summed E-state index contributed by atoms with van der Waals surface area (Å²) in [6.45, 7) is 1.91. The van der Waals surface area contributed by atoms with Gasteiger partial charge in [0.2, 0.25) is 0 Å². The first-order valence-corrected chi connectivity index (χ1v) is 7.88. The van der Waals surface area contributed by atoms with Crippen molar-refractivity contribution in [2.24, 2.45) is 0 Å². The summed E-state index contributed by atoms with van der Waals surface area (Å²) in [5, 5.41) is 6.51. The fourth-order valence-corrected chi connectivity index (χ4v) is 2.41. The van der Waals surface area contributed by atoms with Gasteiger partial charge >= 0.3 is 5.97 Å². The molecule has 132 valence electrons. The van der Waals surface area contributed by atoms with Crippen LogP contribution < -0.4 is 20.1 Å². The molecule has 0 amide bonds. The first-order chi connectivity index (χ1) is 12.0. The molecule has 0 unspecified atom stereocenters. The maximum absolute atomic E-state index is 11.7. The van der Waals surface area contributed by atoms with Crippen LogP contribution in [0.1, 0.15) is 15.9 Å². The molecule has 0 fully saturated rings. The SMILES string of the molecule is COC(=O)c1ccc(C)c(NC(=S)Nc2cc(OC)ccc2OC)c1. The normalized spacial score (nSPS) is 9.92. The van der Waals surface area contributed by atoms with Crippen molar-refractivity contribution in [1.82, 2.24) is 0 Å². The van der Waals surface area contributed by atoms with E-state index in [9.17, 15) is 4.79 Å². The van der Waals surface area contributed by atoms with E-state index < -0.39 is 5.97 Å². The lowest BCUT2D eigenvalue weighted by atomic mass is 10.1. The molecule has 0 radical (unpaired) electrons. The molecule has 0 spiro atoms. The molecule has 0 aromatic heterocycles. The number of anilines is 2. The third-order valence-corrected chi connectivity index (χ3v) is 3.77. The molecule has 6 nitrogen and oxygen atoms in total. The number of hydrogen-bond acceptors (Lipinski definition) is 5. The molecular formula is C18H20N2O4S. The molecule has 2 rings (SSSR count). The molecule has 7 heteroatoms. The minimum absolute atomic E-state index is 0.358. The van der Waals surface area contributed by atoms with Crippen LogP contribution in [0.4, 0.5) is 11.4 Å². The van der Waals surface area contributed by atoms with E-state index in [0.29, 0.717) is 33.5 Å². The van der Waals surface area contributed by atoms with Crippen molar-refractivity contribution in [3.8, 4) is 11.5 Å². The van der Waals surface area contributed by atoms with Gasteiger partial charge in [-0.2, -0.15) is 0 Å². The molecule has 0 heterocycles. The van der Waals surface area contributed by atoms with Gasteiger partial charge in [0.1, 0.15) is 11.5 Å². The van der Waals surface area contributed by atoms with Gasteiger partial charge in [0.25, 0.3) is 0 Å². The van der Waals surface area contributed by atoms with Crippen molar-refractivity contribution in [2.45, 2.75) is 6.92 Å². The van der Waals surface area contributed by atoms with E-state index in [0.717, 1.165) is 5.56 Å². The van der Waals surface area contributed by atoms with Crippen LogP contribution in [-0.4, -0.2) is 32.4 Å². The Kier molecular flexibility index (Phi) is 6.19. The molecule has 2 N–H and O–H groups in total. The molecule has 2 aromatic carbocycles. The number of hydrogen-bond donors (Lipinski definition) is 2. The van der Waals surface area contributed by atoms with Crippen LogP contribution in [0.15, 0.2) is 36.4 Å². The Balaban J connectivity index is 2.19. The average Bonchev–Trinajstić information content (AvgIpc) is 2.62. The second-order valence-corrected chi connectivity index (χ2v) is 5.57. The number of methoxy groups -OCH3 is 3. The first kappa shape index (κ1) is 18.5. The number of esters is 1. The highest BCUT2D eigenvalue weighted by Gasteiger charge is 2.11. The minimum atomic E-state index is -0.406. The number of ether oxygens (including phenoxy) is 3. The van der Waals surface area contributed by atoms with E-state index >= 15 is 0 Å². The Morgan fingerprint density at radius 2 is 1.68 bits per heavy atom. The number of carbonyl (C=O) groups excluding carboxylic acids is 1. The summed E-state index contributed by atoms with van der Waals surface area (Å²) in [5.41, 5.74) is 2.76. The van der Waals surface area contributed by atoms with Crippen molar-refractivity contribution < 1.29 is 19.0 Å². The third kappa shape index (κ3) is 4.60. The van der Waals surface area contributed by atoms with E-state index in [1.807, 2.05) is 13.0 Å². The largest absolute Gasteiger partial charge is 0.497 e. The highest BCUT2D eigenvalue weighted by Crippen LogP contribution is 2.29. The molecule has 0 aliphatic heterocycles. The molecule has 0 atom stereocenters. The second kappa shape index (κ2) is 8.34. The number of aryl methyl sites for hydroxylation is 1. The van der Waals surface area contributed by atoms with Crippen molar-refractivity contribution in [2.75, 3.05) is 32.0 Å². The molecule has 0 aliphatic carbocycles. The monoisotopic (exact) mass is 360 g/mol. The van der Waals surface area contributed by atoms with Crippen LogP contribution in [-0.2, 0) is 4.74 Å². The van der Waals surface area contributed by atoms with Gasteiger partial charge in [-0.3, -0.25) is 0 Å². The van der Waals surface area contributed by atoms with Crippen LogP contribution >= 0.6 is 12.2 Å². The van der Waals surface area contributed by atoms with Crippen LogP contribution in [0, 0.1) is 6.92 Å². The molecule has 0 saturated heterocycles. The predicted molar refractivity (Wildman–Crippen MR) is 102 cm³/mol. The summed E-state index contributed by atoms with van der Waals surface area (Å²) >= 11 is 5.37. The maximum Gasteiger partial charge on any atom is 0.337 e. The second-order valence-electron chi connectivity index (χ2n) is 5.17. The molecule has 2 aromatic rings. The standard InChI is InChI=1S/C18H20N2O4S/c1-11-5-6-12(17(21)24-4)9-14(11)19-18(25)20-15-10-13(22-2)7-8-16(15)23-3/h5-10H,1-4H3,(H2,19,20,25). The smallest absolute Gasteiger partial charge is 0.337 e. The minimum Gasteiger partial charge on any atom is -0.497 e. The zero-order chi connectivity index (χ0) is 18.4. The van der Waals surface area contributed by atoms with Gasteiger partial charge in [-0.15, -0.1) is 0 Å². The van der Waals surface area contributed by atoms with E-state index in [1.54, 1.807) is 44.6 Å².